The Morgan fingerprint density at radius 3 is 2.38 bits per heavy atom. The van der Waals surface area contributed by atoms with E-state index in [4.69, 9.17) is 11.6 Å². The fourth-order valence-corrected chi connectivity index (χ4v) is 4.58. The van der Waals surface area contributed by atoms with E-state index in [0.717, 1.165) is 16.8 Å². The number of nitrogens with zero attached hydrogens (tertiary/aromatic N) is 1. The maximum Gasteiger partial charge on any atom is 0.215 e. The van der Waals surface area contributed by atoms with Crippen LogP contribution in [0.25, 0.3) is 0 Å². The first kappa shape index (κ1) is 21.3. The molecule has 7 heteroatoms. The summed E-state index contributed by atoms with van der Waals surface area (Å²) in [4.78, 5) is 12.9. The van der Waals surface area contributed by atoms with Crippen molar-refractivity contribution in [3.8, 4) is 0 Å². The molecular weight excluding hydrogens is 408 g/mol. The molecule has 5 nitrogen and oxygen atoms in total. The molecule has 29 heavy (non-hydrogen) atoms. The van der Waals surface area contributed by atoms with Crippen LogP contribution >= 0.6 is 11.6 Å². The Morgan fingerprint density at radius 2 is 1.72 bits per heavy atom. The summed E-state index contributed by atoms with van der Waals surface area (Å²) >= 11 is 5.90. The normalized spacial score (nSPS) is 11.6. The Kier molecular flexibility index (Phi) is 6.57. The number of sulfonamides is 1. The average molecular weight is 431 g/mol. The summed E-state index contributed by atoms with van der Waals surface area (Å²) in [6.07, 6.45) is 0.485. The number of halogens is 1. The third-order valence-electron chi connectivity index (χ3n) is 4.75. The lowest BCUT2D eigenvalue weighted by molar-refractivity contribution is 0.103. The van der Waals surface area contributed by atoms with Crippen molar-refractivity contribution in [2.75, 3.05) is 6.54 Å². The highest BCUT2D eigenvalue weighted by atomic mass is 35.5. The zero-order valence-electron chi connectivity index (χ0n) is 16.4. The molecule has 0 aliphatic heterocycles. The summed E-state index contributed by atoms with van der Waals surface area (Å²) in [7, 11) is -1.60. The number of ketones is 1. The number of aryl methyl sites for hydroxylation is 1. The maximum atomic E-state index is 12.9. The summed E-state index contributed by atoms with van der Waals surface area (Å²) in [5.74, 6) is -0.141. The standard InChI is InChI=1S/C22H23ClN2O3S/c1-16-14-20(12-13-24-29(27,28)15-17-6-4-3-5-7-17)25(2)21(16)22(26)18-8-10-19(23)11-9-18/h3-11,14,24H,12-13,15H2,1-2H3. The predicted molar refractivity (Wildman–Crippen MR) is 116 cm³/mol. The van der Waals surface area contributed by atoms with Gasteiger partial charge >= 0.3 is 0 Å². The van der Waals surface area contributed by atoms with Crippen LogP contribution in [0.1, 0.15) is 32.9 Å². The molecular formula is C22H23ClN2O3S. The highest BCUT2D eigenvalue weighted by Crippen LogP contribution is 2.20. The van der Waals surface area contributed by atoms with Gasteiger partial charge in [-0.15, -0.1) is 0 Å². The van der Waals surface area contributed by atoms with E-state index >= 15 is 0 Å². The number of aromatic nitrogens is 1. The van der Waals surface area contributed by atoms with E-state index in [9.17, 15) is 13.2 Å². The molecule has 0 aliphatic carbocycles. The minimum Gasteiger partial charge on any atom is -0.345 e. The van der Waals surface area contributed by atoms with Crippen LogP contribution in [0.2, 0.25) is 5.02 Å². The van der Waals surface area contributed by atoms with Gasteiger partial charge in [0.15, 0.2) is 0 Å². The predicted octanol–water partition coefficient (Wildman–Crippen LogP) is 3.88. The second-order valence-corrected chi connectivity index (χ2v) is 9.19. The number of benzene rings is 2. The van der Waals surface area contributed by atoms with Crippen LogP contribution in [0.4, 0.5) is 0 Å². The van der Waals surface area contributed by atoms with Crippen LogP contribution in [-0.4, -0.2) is 25.3 Å². The molecule has 0 aliphatic rings. The minimum absolute atomic E-state index is 0.0553. The third-order valence-corrected chi connectivity index (χ3v) is 6.36. The first-order chi connectivity index (χ1) is 13.8. The first-order valence-corrected chi connectivity index (χ1v) is 11.3. The number of carbonyl (C=O) groups is 1. The van der Waals surface area contributed by atoms with E-state index in [1.54, 1.807) is 36.4 Å². The van der Waals surface area contributed by atoms with Crippen molar-refractivity contribution in [3.63, 3.8) is 0 Å². The van der Waals surface area contributed by atoms with Gasteiger partial charge in [-0.05, 0) is 48.4 Å². The van der Waals surface area contributed by atoms with E-state index in [1.165, 1.54) is 0 Å². The highest BCUT2D eigenvalue weighted by Gasteiger charge is 2.19. The SMILES string of the molecule is Cc1cc(CCNS(=O)(=O)Cc2ccccc2)n(C)c1C(=O)c1ccc(Cl)cc1. The Morgan fingerprint density at radius 1 is 1.07 bits per heavy atom. The Bertz CT molecular complexity index is 1100. The number of hydrogen-bond acceptors (Lipinski definition) is 3. The van der Waals surface area contributed by atoms with Gasteiger partial charge in [0.05, 0.1) is 11.4 Å². The van der Waals surface area contributed by atoms with Gasteiger partial charge in [-0.1, -0.05) is 41.9 Å². The van der Waals surface area contributed by atoms with Gasteiger partial charge in [0, 0.05) is 36.3 Å². The molecule has 0 unspecified atom stereocenters. The smallest absolute Gasteiger partial charge is 0.215 e. The fourth-order valence-electron chi connectivity index (χ4n) is 3.31. The molecule has 0 radical (unpaired) electrons. The lowest BCUT2D eigenvalue weighted by Crippen LogP contribution is -2.27. The van der Waals surface area contributed by atoms with E-state index in [-0.39, 0.29) is 18.1 Å². The largest absolute Gasteiger partial charge is 0.345 e. The van der Waals surface area contributed by atoms with Gasteiger partial charge < -0.3 is 4.57 Å². The molecule has 0 amide bonds. The average Bonchev–Trinajstić information content (AvgIpc) is 2.95. The number of hydrogen-bond donors (Lipinski definition) is 1. The molecule has 3 aromatic rings. The second-order valence-electron chi connectivity index (χ2n) is 6.95. The van der Waals surface area contributed by atoms with Crippen molar-refractivity contribution in [1.29, 1.82) is 0 Å². The molecule has 3 rings (SSSR count). The van der Waals surface area contributed by atoms with Crippen LogP contribution < -0.4 is 4.72 Å². The van der Waals surface area contributed by atoms with Crippen LogP contribution in [-0.2, 0) is 29.2 Å². The number of carbonyl (C=O) groups excluding carboxylic acids is 1. The molecule has 152 valence electrons. The van der Waals surface area contributed by atoms with Gasteiger partial charge in [-0.25, -0.2) is 13.1 Å². The first-order valence-electron chi connectivity index (χ1n) is 9.23. The summed E-state index contributed by atoms with van der Waals surface area (Å²) in [6, 6.07) is 17.8. The van der Waals surface area contributed by atoms with Gasteiger partial charge in [0.25, 0.3) is 0 Å². The highest BCUT2D eigenvalue weighted by molar-refractivity contribution is 7.88. The Hall–Kier alpha value is -2.41. The van der Waals surface area contributed by atoms with Crippen LogP contribution in [0.15, 0.2) is 60.7 Å². The second kappa shape index (κ2) is 8.95. The lowest BCUT2D eigenvalue weighted by atomic mass is 10.1. The zero-order chi connectivity index (χ0) is 21.0. The van der Waals surface area contributed by atoms with Crippen LogP contribution in [0, 0.1) is 6.92 Å². The lowest BCUT2D eigenvalue weighted by Gasteiger charge is -2.10. The van der Waals surface area contributed by atoms with Crippen molar-refractivity contribution in [2.45, 2.75) is 19.1 Å². The number of rotatable bonds is 8. The molecule has 1 heterocycles. The van der Waals surface area contributed by atoms with Crippen molar-refractivity contribution in [1.82, 2.24) is 9.29 Å². The molecule has 0 fully saturated rings. The molecule has 0 spiro atoms. The summed E-state index contributed by atoms with van der Waals surface area (Å²) in [5, 5.41) is 0.577. The maximum absolute atomic E-state index is 12.9. The zero-order valence-corrected chi connectivity index (χ0v) is 17.9. The molecule has 2 aromatic carbocycles. The van der Waals surface area contributed by atoms with Crippen molar-refractivity contribution in [2.24, 2.45) is 7.05 Å². The Balaban J connectivity index is 1.67. The van der Waals surface area contributed by atoms with Crippen molar-refractivity contribution >= 4 is 27.4 Å². The minimum atomic E-state index is -3.42. The molecule has 0 bridgehead atoms. The van der Waals surface area contributed by atoms with E-state index in [0.29, 0.717) is 22.7 Å². The molecule has 1 N–H and O–H groups in total. The third kappa shape index (κ3) is 5.35. The van der Waals surface area contributed by atoms with E-state index in [2.05, 4.69) is 4.72 Å². The van der Waals surface area contributed by atoms with Gasteiger partial charge in [0.1, 0.15) is 0 Å². The summed E-state index contributed by atoms with van der Waals surface area (Å²) in [6.45, 7) is 2.15. The summed E-state index contributed by atoms with van der Waals surface area (Å²) in [5.41, 5.74) is 3.64. The topological polar surface area (TPSA) is 68.2 Å². The van der Waals surface area contributed by atoms with Crippen LogP contribution in [0.5, 0.6) is 0 Å². The fraction of sp³-hybridized carbons (Fsp3) is 0.227. The summed E-state index contributed by atoms with van der Waals surface area (Å²) < 4.78 is 29.0. The van der Waals surface area contributed by atoms with Gasteiger partial charge in [-0.2, -0.15) is 0 Å². The van der Waals surface area contributed by atoms with Crippen LogP contribution in [0.3, 0.4) is 0 Å². The molecule has 1 aromatic heterocycles. The quantitative estimate of drug-likeness (QED) is 0.551. The number of nitrogens with one attached hydrogen (secondary N) is 1. The van der Waals surface area contributed by atoms with E-state index in [1.807, 2.05) is 42.8 Å². The Labute approximate surface area is 176 Å². The van der Waals surface area contributed by atoms with Gasteiger partial charge in [-0.3, -0.25) is 4.79 Å². The van der Waals surface area contributed by atoms with Crippen molar-refractivity contribution < 1.29 is 13.2 Å². The van der Waals surface area contributed by atoms with E-state index < -0.39 is 10.0 Å². The molecule has 0 saturated carbocycles. The monoisotopic (exact) mass is 430 g/mol. The van der Waals surface area contributed by atoms with Crippen molar-refractivity contribution in [3.05, 3.63) is 93.8 Å². The molecule has 0 atom stereocenters. The van der Waals surface area contributed by atoms with Gasteiger partial charge in [0.2, 0.25) is 15.8 Å². The molecule has 0 saturated heterocycles.